The van der Waals surface area contributed by atoms with Gasteiger partial charge in [0.15, 0.2) is 11.8 Å². The molecule has 1 fully saturated rings. The maximum Gasteiger partial charge on any atom is 0.254 e. The summed E-state index contributed by atoms with van der Waals surface area (Å²) in [6, 6.07) is 3.75. The van der Waals surface area contributed by atoms with Gasteiger partial charge in [-0.3, -0.25) is 9.59 Å². The molecule has 158 valence electrons. The predicted molar refractivity (Wildman–Crippen MR) is 110 cm³/mol. The summed E-state index contributed by atoms with van der Waals surface area (Å²) in [5, 5.41) is 5.11. The van der Waals surface area contributed by atoms with Gasteiger partial charge in [0.05, 0.1) is 36.0 Å². The molecule has 4 heterocycles. The zero-order valence-corrected chi connectivity index (χ0v) is 17.5. The van der Waals surface area contributed by atoms with Crippen molar-refractivity contribution in [2.45, 2.75) is 39.8 Å². The molecule has 3 aromatic heterocycles. The molecule has 0 spiro atoms. The molecule has 30 heavy (non-hydrogen) atoms. The third-order valence-electron chi connectivity index (χ3n) is 5.27. The molecule has 3 aromatic rings. The number of pyridine rings is 1. The van der Waals surface area contributed by atoms with E-state index in [4.69, 9.17) is 19.9 Å². The SMILES string of the molecule is Cc1cc(-c2cc(C(=O)N3CCOC(C(N)=O)C3)c3cnn(C(C)C)c3n2)c(C)o1. The molecule has 1 aliphatic heterocycles. The molecule has 0 bridgehead atoms. The summed E-state index contributed by atoms with van der Waals surface area (Å²) in [6.07, 6.45) is 0.857. The number of carbonyl (C=O) groups excluding carboxylic acids is 2. The minimum atomic E-state index is -0.809. The van der Waals surface area contributed by atoms with E-state index in [0.717, 1.165) is 17.1 Å². The number of nitrogens with two attached hydrogens (primary N) is 1. The Bertz CT molecular complexity index is 1130. The Kier molecular flexibility index (Phi) is 5.07. The molecule has 1 saturated heterocycles. The number of rotatable bonds is 4. The molecule has 9 heteroatoms. The number of amides is 2. The fourth-order valence-corrected chi connectivity index (χ4v) is 3.77. The van der Waals surface area contributed by atoms with Crippen molar-refractivity contribution in [1.29, 1.82) is 0 Å². The maximum absolute atomic E-state index is 13.5. The van der Waals surface area contributed by atoms with E-state index in [0.29, 0.717) is 28.8 Å². The van der Waals surface area contributed by atoms with Gasteiger partial charge in [0.1, 0.15) is 11.5 Å². The Balaban J connectivity index is 1.85. The zero-order chi connectivity index (χ0) is 21.6. The molecular weight excluding hydrogens is 386 g/mol. The number of hydrogen-bond acceptors (Lipinski definition) is 6. The van der Waals surface area contributed by atoms with Gasteiger partial charge < -0.3 is 19.8 Å². The number of aromatic nitrogens is 3. The molecule has 2 amide bonds. The van der Waals surface area contributed by atoms with Gasteiger partial charge in [0.25, 0.3) is 5.91 Å². The Morgan fingerprint density at radius 1 is 1.27 bits per heavy atom. The van der Waals surface area contributed by atoms with Crippen LogP contribution < -0.4 is 5.73 Å². The molecule has 0 aromatic carbocycles. The van der Waals surface area contributed by atoms with Crippen LogP contribution in [-0.4, -0.2) is 57.3 Å². The van der Waals surface area contributed by atoms with Gasteiger partial charge >= 0.3 is 0 Å². The van der Waals surface area contributed by atoms with Crippen molar-refractivity contribution in [3.8, 4) is 11.3 Å². The number of furan rings is 1. The third kappa shape index (κ3) is 3.45. The lowest BCUT2D eigenvalue weighted by Gasteiger charge is -2.31. The summed E-state index contributed by atoms with van der Waals surface area (Å²) in [6.45, 7) is 8.51. The van der Waals surface area contributed by atoms with Crippen LogP contribution in [0.25, 0.3) is 22.3 Å². The number of hydrogen-bond donors (Lipinski definition) is 1. The highest BCUT2D eigenvalue weighted by atomic mass is 16.5. The van der Waals surface area contributed by atoms with Gasteiger partial charge in [0, 0.05) is 18.2 Å². The lowest BCUT2D eigenvalue weighted by molar-refractivity contribution is -0.133. The molecular formula is C21H25N5O4. The van der Waals surface area contributed by atoms with E-state index >= 15 is 0 Å². The molecule has 0 radical (unpaired) electrons. The number of aryl methyl sites for hydroxylation is 2. The minimum absolute atomic E-state index is 0.0722. The summed E-state index contributed by atoms with van der Waals surface area (Å²) >= 11 is 0. The average molecular weight is 411 g/mol. The summed E-state index contributed by atoms with van der Waals surface area (Å²) in [5.74, 6) is 0.713. The monoisotopic (exact) mass is 411 g/mol. The van der Waals surface area contributed by atoms with E-state index in [9.17, 15) is 9.59 Å². The summed E-state index contributed by atoms with van der Waals surface area (Å²) in [7, 11) is 0. The van der Waals surface area contributed by atoms with Crippen LogP contribution in [-0.2, 0) is 9.53 Å². The van der Waals surface area contributed by atoms with Gasteiger partial charge in [-0.05, 0) is 39.8 Å². The lowest BCUT2D eigenvalue weighted by Crippen LogP contribution is -2.50. The second kappa shape index (κ2) is 7.56. The molecule has 2 N–H and O–H groups in total. The minimum Gasteiger partial charge on any atom is -0.466 e. The van der Waals surface area contributed by atoms with E-state index in [1.54, 1.807) is 21.8 Å². The molecule has 1 aliphatic rings. The van der Waals surface area contributed by atoms with Gasteiger partial charge in [-0.15, -0.1) is 0 Å². The molecule has 1 atom stereocenters. The first-order chi connectivity index (χ1) is 14.3. The first-order valence-corrected chi connectivity index (χ1v) is 9.92. The van der Waals surface area contributed by atoms with Gasteiger partial charge in [-0.25, -0.2) is 9.67 Å². The van der Waals surface area contributed by atoms with Crippen molar-refractivity contribution in [2.75, 3.05) is 19.7 Å². The Morgan fingerprint density at radius 3 is 2.67 bits per heavy atom. The smallest absolute Gasteiger partial charge is 0.254 e. The van der Waals surface area contributed by atoms with E-state index in [-0.39, 0.29) is 25.1 Å². The van der Waals surface area contributed by atoms with Crippen LogP contribution >= 0.6 is 0 Å². The number of morpholine rings is 1. The normalized spacial score (nSPS) is 17.1. The van der Waals surface area contributed by atoms with E-state index in [2.05, 4.69) is 5.10 Å². The summed E-state index contributed by atoms with van der Waals surface area (Å²) in [5.41, 5.74) is 7.96. The summed E-state index contributed by atoms with van der Waals surface area (Å²) < 4.78 is 12.8. The number of nitrogens with zero attached hydrogens (tertiary/aromatic N) is 4. The Morgan fingerprint density at radius 2 is 2.03 bits per heavy atom. The van der Waals surface area contributed by atoms with Crippen LogP contribution in [0, 0.1) is 13.8 Å². The second-order valence-electron chi connectivity index (χ2n) is 7.82. The first-order valence-electron chi connectivity index (χ1n) is 9.92. The zero-order valence-electron chi connectivity index (χ0n) is 17.5. The third-order valence-corrected chi connectivity index (χ3v) is 5.27. The van der Waals surface area contributed by atoms with E-state index in [1.807, 2.05) is 33.8 Å². The topological polar surface area (TPSA) is 116 Å². The van der Waals surface area contributed by atoms with E-state index < -0.39 is 12.0 Å². The van der Waals surface area contributed by atoms with Gasteiger partial charge in [-0.1, -0.05) is 0 Å². The van der Waals surface area contributed by atoms with Gasteiger partial charge in [-0.2, -0.15) is 5.10 Å². The maximum atomic E-state index is 13.5. The Hall–Kier alpha value is -3.20. The van der Waals surface area contributed by atoms with Gasteiger partial charge in [0.2, 0.25) is 5.91 Å². The average Bonchev–Trinajstić information content (AvgIpc) is 3.29. The molecule has 4 rings (SSSR count). The standard InChI is InChI=1S/C21H25N5O4/c1-11(2)26-20-16(9-23-26)15(8-17(24-20)14-7-12(3)30-13(14)4)21(28)25-5-6-29-18(10-25)19(22)27/h7-9,11,18H,5-6,10H2,1-4H3,(H2,22,27). The first kappa shape index (κ1) is 20.1. The molecule has 1 unspecified atom stereocenters. The lowest BCUT2D eigenvalue weighted by atomic mass is 10.1. The quantitative estimate of drug-likeness (QED) is 0.704. The number of carbonyl (C=O) groups is 2. The van der Waals surface area contributed by atoms with Crippen LogP contribution in [0.2, 0.25) is 0 Å². The van der Waals surface area contributed by atoms with E-state index in [1.165, 1.54) is 0 Å². The van der Waals surface area contributed by atoms with Crippen LogP contribution in [0.5, 0.6) is 0 Å². The predicted octanol–water partition coefficient (Wildman–Crippen LogP) is 2.22. The van der Waals surface area contributed by atoms with Crippen LogP contribution in [0.4, 0.5) is 0 Å². The molecule has 0 saturated carbocycles. The highest BCUT2D eigenvalue weighted by molar-refractivity contribution is 6.06. The fourth-order valence-electron chi connectivity index (χ4n) is 3.77. The van der Waals surface area contributed by atoms with Crippen LogP contribution in [0.15, 0.2) is 22.7 Å². The number of primary amides is 1. The van der Waals surface area contributed by atoms with Crippen molar-refractivity contribution >= 4 is 22.8 Å². The van der Waals surface area contributed by atoms with Crippen LogP contribution in [0.1, 0.15) is 41.8 Å². The molecule has 9 nitrogen and oxygen atoms in total. The van der Waals surface area contributed by atoms with Crippen LogP contribution in [0.3, 0.4) is 0 Å². The highest BCUT2D eigenvalue weighted by Crippen LogP contribution is 2.30. The number of ether oxygens (including phenoxy) is 1. The Labute approximate surface area is 173 Å². The largest absolute Gasteiger partial charge is 0.466 e. The fraction of sp³-hybridized carbons (Fsp3) is 0.429. The molecule has 0 aliphatic carbocycles. The van der Waals surface area contributed by atoms with Crippen molar-refractivity contribution < 1.29 is 18.7 Å². The van der Waals surface area contributed by atoms with Crippen molar-refractivity contribution in [3.05, 3.63) is 35.4 Å². The second-order valence-corrected chi connectivity index (χ2v) is 7.82. The highest BCUT2D eigenvalue weighted by Gasteiger charge is 2.30. The summed E-state index contributed by atoms with van der Waals surface area (Å²) in [4.78, 5) is 31.4. The number of fused-ring (bicyclic) bond motifs is 1. The van der Waals surface area contributed by atoms with Crippen molar-refractivity contribution in [1.82, 2.24) is 19.7 Å². The van der Waals surface area contributed by atoms with Crippen molar-refractivity contribution in [2.24, 2.45) is 5.73 Å². The van der Waals surface area contributed by atoms with Crippen molar-refractivity contribution in [3.63, 3.8) is 0 Å².